The van der Waals surface area contributed by atoms with Gasteiger partial charge in [-0.05, 0) is 64.7 Å². The van der Waals surface area contributed by atoms with E-state index in [9.17, 15) is 53.1 Å². The van der Waals surface area contributed by atoms with E-state index in [-0.39, 0.29) is 177 Å². The van der Waals surface area contributed by atoms with Crippen LogP contribution in [0.25, 0.3) is 0 Å². The van der Waals surface area contributed by atoms with E-state index in [1.807, 2.05) is 0 Å². The number of ketones is 4. The van der Waals surface area contributed by atoms with Gasteiger partial charge >= 0.3 is 17.9 Å². The molecular weight excluding hydrogens is 927 g/mol. The maximum Gasteiger partial charge on any atom is 0.326 e. The van der Waals surface area contributed by atoms with Gasteiger partial charge in [0.1, 0.15) is 30.8 Å². The summed E-state index contributed by atoms with van der Waals surface area (Å²) in [5, 5.41) is 35.1. The molecule has 0 aromatic carbocycles. The molecule has 71 heavy (non-hydrogen) atoms. The number of hydrogen-bond acceptors (Lipinski definition) is 14. The van der Waals surface area contributed by atoms with Crippen molar-refractivity contribution in [3.63, 3.8) is 0 Å². The Morgan fingerprint density at radius 1 is 0.408 bits per heavy atom. The van der Waals surface area contributed by atoms with Crippen molar-refractivity contribution in [1.29, 1.82) is 0 Å². The van der Waals surface area contributed by atoms with E-state index in [1.54, 1.807) is 0 Å². The summed E-state index contributed by atoms with van der Waals surface area (Å²) in [7, 11) is 0. The third-order valence-corrected chi connectivity index (χ3v) is 11.6. The minimum Gasteiger partial charge on any atom is -0.481 e. The lowest BCUT2D eigenvalue weighted by atomic mass is 9.92. The summed E-state index contributed by atoms with van der Waals surface area (Å²) in [4.78, 5) is 118. The lowest BCUT2D eigenvalue weighted by molar-refractivity contribution is -0.142. The number of carboxylic acids is 3. The van der Waals surface area contributed by atoms with Crippen LogP contribution in [-0.4, -0.2) is 146 Å². The molecule has 0 heterocycles. The quantitative estimate of drug-likeness (QED) is 0.0389. The number of amides is 3. The van der Waals surface area contributed by atoms with Gasteiger partial charge in [0.05, 0.1) is 39.1 Å². The fraction of sp³-hybridized carbons (Fsp3) is 0.804. The summed E-state index contributed by atoms with van der Waals surface area (Å²) in [6.45, 7) is 3.57. The number of unbranched alkanes of at least 4 members (excludes halogenated alkanes) is 13. The second-order valence-electron chi connectivity index (χ2n) is 18.2. The normalized spacial score (nSPS) is 12.4. The number of carboxylic acid groups (broad SMARTS) is 3. The third kappa shape index (κ3) is 45.0. The van der Waals surface area contributed by atoms with Crippen LogP contribution >= 0.6 is 0 Å². The molecule has 3 amide bonds. The van der Waals surface area contributed by atoms with Crippen LogP contribution in [0.15, 0.2) is 0 Å². The average molecular weight is 1010 g/mol. The van der Waals surface area contributed by atoms with E-state index in [0.29, 0.717) is 12.8 Å². The van der Waals surface area contributed by atoms with Gasteiger partial charge in [0.2, 0.25) is 17.7 Å². The van der Waals surface area contributed by atoms with Crippen LogP contribution in [0.1, 0.15) is 187 Å². The fourth-order valence-electron chi connectivity index (χ4n) is 7.50. The highest BCUT2D eigenvalue weighted by molar-refractivity contribution is 5.88. The Balaban J connectivity index is 3.93. The first-order valence-corrected chi connectivity index (χ1v) is 25.9. The maximum absolute atomic E-state index is 12.5. The standard InChI is InChI=1S/C51H87N3O17/c1-39(55)21-25-44(40(2)56)53-47(60)27-22-41(23-28-50(64)65)36-43(58)37-70-34-33-69-31-29-52-48(61)38-71-35-32-68-30-17-18-42(57)24-26-45(51(66)67)54-46(59)19-15-13-11-9-7-5-3-4-6-8-10-12-14-16-20-49(62)63/h41,44-45H,3-38H2,1-2H3,(H,52,61)(H,53,60)(H,54,59)(H,62,63)(H,64,65)(H,66,67)/t41-,44-,45+/m1/s1. The molecule has 0 aliphatic carbocycles. The predicted molar refractivity (Wildman–Crippen MR) is 263 cm³/mol. The zero-order chi connectivity index (χ0) is 52.9. The lowest BCUT2D eigenvalue weighted by Crippen LogP contribution is -2.41. The highest BCUT2D eigenvalue weighted by Crippen LogP contribution is 2.19. The van der Waals surface area contributed by atoms with E-state index >= 15 is 0 Å². The minimum absolute atomic E-state index is 0.0123. The zero-order valence-corrected chi connectivity index (χ0v) is 42.7. The molecule has 0 aromatic rings. The number of nitrogens with one attached hydrogen (secondary N) is 3. The number of ether oxygens (including phenoxy) is 4. The highest BCUT2D eigenvalue weighted by Gasteiger charge is 2.22. The van der Waals surface area contributed by atoms with Crippen molar-refractivity contribution < 1.29 is 82.2 Å². The molecule has 0 fully saturated rings. The third-order valence-electron chi connectivity index (χ3n) is 11.6. The molecule has 20 heteroatoms. The van der Waals surface area contributed by atoms with Gasteiger partial charge in [0, 0.05) is 64.5 Å². The van der Waals surface area contributed by atoms with Crippen LogP contribution in [0.3, 0.4) is 0 Å². The summed E-state index contributed by atoms with van der Waals surface area (Å²) in [6, 6.07) is -1.91. The number of rotatable bonds is 52. The van der Waals surface area contributed by atoms with Gasteiger partial charge in [-0.2, -0.15) is 0 Å². The summed E-state index contributed by atoms with van der Waals surface area (Å²) < 4.78 is 21.6. The molecular formula is C51H87N3O17. The van der Waals surface area contributed by atoms with E-state index in [2.05, 4.69) is 16.0 Å². The van der Waals surface area contributed by atoms with Gasteiger partial charge in [-0.25, -0.2) is 4.79 Å². The van der Waals surface area contributed by atoms with Gasteiger partial charge in [-0.3, -0.25) is 38.4 Å². The van der Waals surface area contributed by atoms with Crippen LogP contribution in [0.4, 0.5) is 0 Å². The van der Waals surface area contributed by atoms with Crippen molar-refractivity contribution >= 4 is 58.8 Å². The molecule has 20 nitrogen and oxygen atoms in total. The smallest absolute Gasteiger partial charge is 0.326 e. The number of Topliss-reactive ketones (excluding diaryl/α,β-unsaturated/α-hetero) is 4. The monoisotopic (exact) mass is 1010 g/mol. The molecule has 0 aromatic heterocycles. The average Bonchev–Trinajstić information content (AvgIpc) is 3.30. The summed E-state index contributed by atoms with van der Waals surface area (Å²) >= 11 is 0. The SMILES string of the molecule is CC(=O)CC[C@@H](NC(=O)CC[C@H](CCC(=O)O)CC(=O)COCCOCCNC(=O)COCCOCCCC(=O)CC[C@H](NC(=O)CCCCCCCCCCCCCCCCC(=O)O)C(=O)O)C(C)=O. The molecule has 0 aliphatic heterocycles. The van der Waals surface area contributed by atoms with Gasteiger partial charge in [-0.1, -0.05) is 77.0 Å². The Labute approximate surface area is 420 Å². The Hall–Kier alpha value is -4.66. The molecule has 0 bridgehead atoms. The molecule has 3 atom stereocenters. The van der Waals surface area contributed by atoms with Crippen molar-refractivity contribution in [2.45, 2.75) is 199 Å². The largest absolute Gasteiger partial charge is 0.481 e. The van der Waals surface area contributed by atoms with Crippen LogP contribution in [0.5, 0.6) is 0 Å². The molecule has 0 saturated carbocycles. The van der Waals surface area contributed by atoms with Gasteiger partial charge in [0.15, 0.2) is 11.6 Å². The van der Waals surface area contributed by atoms with Crippen LogP contribution < -0.4 is 16.0 Å². The van der Waals surface area contributed by atoms with E-state index in [1.165, 1.54) is 52.4 Å². The van der Waals surface area contributed by atoms with E-state index in [4.69, 9.17) is 29.2 Å². The second kappa shape index (κ2) is 45.2. The van der Waals surface area contributed by atoms with Crippen LogP contribution in [0, 0.1) is 5.92 Å². The van der Waals surface area contributed by atoms with Crippen molar-refractivity contribution in [2.24, 2.45) is 5.92 Å². The molecule has 0 spiro atoms. The van der Waals surface area contributed by atoms with Gasteiger partial charge < -0.3 is 55.0 Å². The number of aliphatic carboxylic acids is 3. The number of carbonyl (C=O) groups excluding carboxylic acids is 7. The van der Waals surface area contributed by atoms with Crippen molar-refractivity contribution in [3.8, 4) is 0 Å². The minimum atomic E-state index is -1.17. The number of carbonyl (C=O) groups is 10. The Bertz CT molecular complexity index is 1560. The molecule has 0 radical (unpaired) electrons. The molecule has 0 unspecified atom stereocenters. The summed E-state index contributed by atoms with van der Waals surface area (Å²) in [5.74, 6) is -5.19. The van der Waals surface area contributed by atoms with Crippen molar-refractivity contribution in [2.75, 3.05) is 59.4 Å². The van der Waals surface area contributed by atoms with E-state index < -0.39 is 35.9 Å². The summed E-state index contributed by atoms with van der Waals surface area (Å²) in [5.41, 5.74) is 0. The van der Waals surface area contributed by atoms with Gasteiger partial charge in [-0.15, -0.1) is 0 Å². The lowest BCUT2D eigenvalue weighted by Gasteiger charge is -2.18. The molecule has 0 rings (SSSR count). The van der Waals surface area contributed by atoms with E-state index in [0.717, 1.165) is 44.9 Å². The van der Waals surface area contributed by atoms with Crippen molar-refractivity contribution in [1.82, 2.24) is 16.0 Å². The van der Waals surface area contributed by atoms with Gasteiger partial charge in [0.25, 0.3) is 0 Å². The first-order valence-electron chi connectivity index (χ1n) is 25.9. The predicted octanol–water partition coefficient (Wildman–Crippen LogP) is 5.86. The molecule has 0 aliphatic rings. The molecule has 6 N–H and O–H groups in total. The maximum atomic E-state index is 12.5. The Morgan fingerprint density at radius 2 is 0.887 bits per heavy atom. The topological polar surface area (TPSA) is 304 Å². The first-order chi connectivity index (χ1) is 34.0. The van der Waals surface area contributed by atoms with Crippen LogP contribution in [-0.2, 0) is 66.9 Å². The Kier molecular flexibility index (Phi) is 42.3. The summed E-state index contributed by atoms with van der Waals surface area (Å²) in [6.07, 6.45) is 16.7. The molecule has 408 valence electrons. The fourth-order valence-corrected chi connectivity index (χ4v) is 7.50. The second-order valence-corrected chi connectivity index (χ2v) is 18.2. The Morgan fingerprint density at radius 3 is 1.44 bits per heavy atom. The molecule has 0 saturated heterocycles. The van der Waals surface area contributed by atoms with Crippen LogP contribution in [0.2, 0.25) is 0 Å². The first kappa shape index (κ1) is 66.3. The van der Waals surface area contributed by atoms with Crippen molar-refractivity contribution in [3.05, 3.63) is 0 Å². The number of hydrogen-bond donors (Lipinski definition) is 6. The zero-order valence-electron chi connectivity index (χ0n) is 42.7. The highest BCUT2D eigenvalue weighted by atomic mass is 16.5.